The Kier molecular flexibility index (Phi) is 6.69. The fourth-order valence-electron chi connectivity index (χ4n) is 2.43. The summed E-state index contributed by atoms with van der Waals surface area (Å²) in [4.78, 5) is 12.7. The molecule has 0 aromatic heterocycles. The van der Waals surface area contributed by atoms with E-state index in [-0.39, 0.29) is 5.91 Å². The molecule has 2 aromatic carbocycles. The molecule has 0 bridgehead atoms. The zero-order valence-corrected chi connectivity index (χ0v) is 15.2. The number of amides is 1. The summed E-state index contributed by atoms with van der Waals surface area (Å²) in [6, 6.07) is 11.0. The lowest BCUT2D eigenvalue weighted by molar-refractivity contribution is 0.102. The van der Waals surface area contributed by atoms with E-state index in [2.05, 4.69) is 5.32 Å². The van der Waals surface area contributed by atoms with Crippen molar-refractivity contribution in [1.29, 1.82) is 0 Å². The number of nitrogens with one attached hydrogen (secondary N) is 1. The molecule has 0 heterocycles. The van der Waals surface area contributed by atoms with Crippen LogP contribution >= 0.6 is 0 Å². The predicted octanol–water partition coefficient (Wildman–Crippen LogP) is 4.44. The highest BCUT2D eigenvalue weighted by atomic mass is 16.5. The van der Waals surface area contributed by atoms with E-state index in [0.29, 0.717) is 42.6 Å². The standard InChI is InChI=1S/C20H25NO4/c1-5-23-17-12-15(13-18(24-6-2)19(17)25-7-3)20(22)21-16-11-9-8-10-14(16)4/h8-13H,5-7H2,1-4H3,(H,21,22). The van der Waals surface area contributed by atoms with Crippen molar-refractivity contribution in [2.75, 3.05) is 25.1 Å². The van der Waals surface area contributed by atoms with Crippen LogP contribution in [0.1, 0.15) is 36.7 Å². The van der Waals surface area contributed by atoms with E-state index in [1.807, 2.05) is 52.0 Å². The molecule has 2 aromatic rings. The van der Waals surface area contributed by atoms with Crippen molar-refractivity contribution in [2.45, 2.75) is 27.7 Å². The van der Waals surface area contributed by atoms with Gasteiger partial charge in [-0.3, -0.25) is 4.79 Å². The number of benzene rings is 2. The van der Waals surface area contributed by atoms with Crippen LogP contribution in [0.4, 0.5) is 5.69 Å². The Labute approximate surface area is 148 Å². The smallest absolute Gasteiger partial charge is 0.255 e. The van der Waals surface area contributed by atoms with Gasteiger partial charge in [0.2, 0.25) is 5.75 Å². The van der Waals surface area contributed by atoms with Gasteiger partial charge in [-0.05, 0) is 51.5 Å². The van der Waals surface area contributed by atoms with Gasteiger partial charge in [0.25, 0.3) is 5.91 Å². The largest absolute Gasteiger partial charge is 0.490 e. The number of ether oxygens (including phenoxy) is 3. The number of carbonyl (C=O) groups is 1. The molecule has 134 valence electrons. The van der Waals surface area contributed by atoms with Gasteiger partial charge in [0.15, 0.2) is 11.5 Å². The van der Waals surface area contributed by atoms with Crippen LogP contribution in [0.15, 0.2) is 36.4 Å². The van der Waals surface area contributed by atoms with Gasteiger partial charge in [0, 0.05) is 11.3 Å². The third-order valence-electron chi connectivity index (χ3n) is 3.56. The maximum atomic E-state index is 12.7. The highest BCUT2D eigenvalue weighted by Gasteiger charge is 2.18. The van der Waals surface area contributed by atoms with E-state index in [9.17, 15) is 4.79 Å². The normalized spacial score (nSPS) is 10.2. The number of anilines is 1. The van der Waals surface area contributed by atoms with Crippen molar-refractivity contribution in [3.63, 3.8) is 0 Å². The van der Waals surface area contributed by atoms with Crippen molar-refractivity contribution in [3.05, 3.63) is 47.5 Å². The minimum Gasteiger partial charge on any atom is -0.490 e. The van der Waals surface area contributed by atoms with Gasteiger partial charge in [0.05, 0.1) is 19.8 Å². The van der Waals surface area contributed by atoms with Gasteiger partial charge in [-0.2, -0.15) is 0 Å². The summed E-state index contributed by atoms with van der Waals surface area (Å²) < 4.78 is 17.0. The van der Waals surface area contributed by atoms with Crippen LogP contribution in [0.2, 0.25) is 0 Å². The molecule has 25 heavy (non-hydrogen) atoms. The first-order valence-corrected chi connectivity index (χ1v) is 8.54. The van der Waals surface area contributed by atoms with E-state index in [4.69, 9.17) is 14.2 Å². The second-order valence-electron chi connectivity index (χ2n) is 5.37. The van der Waals surface area contributed by atoms with E-state index >= 15 is 0 Å². The molecule has 0 atom stereocenters. The zero-order valence-electron chi connectivity index (χ0n) is 15.2. The first-order chi connectivity index (χ1) is 12.1. The lowest BCUT2D eigenvalue weighted by Gasteiger charge is -2.17. The molecule has 0 aliphatic heterocycles. The van der Waals surface area contributed by atoms with Crippen LogP contribution in [-0.2, 0) is 0 Å². The Morgan fingerprint density at radius 3 is 2.00 bits per heavy atom. The summed E-state index contributed by atoms with van der Waals surface area (Å²) >= 11 is 0. The third kappa shape index (κ3) is 4.66. The minimum absolute atomic E-state index is 0.223. The first kappa shape index (κ1) is 18.6. The Bertz CT molecular complexity index is 700. The van der Waals surface area contributed by atoms with Gasteiger partial charge in [-0.15, -0.1) is 0 Å². The van der Waals surface area contributed by atoms with Crippen molar-refractivity contribution >= 4 is 11.6 Å². The quantitative estimate of drug-likeness (QED) is 0.770. The van der Waals surface area contributed by atoms with Gasteiger partial charge in [-0.25, -0.2) is 0 Å². The molecule has 0 spiro atoms. The van der Waals surface area contributed by atoms with Crippen LogP contribution < -0.4 is 19.5 Å². The number of aryl methyl sites for hydroxylation is 1. The van der Waals surface area contributed by atoms with E-state index in [1.54, 1.807) is 12.1 Å². The van der Waals surface area contributed by atoms with Crippen LogP contribution in [0.3, 0.4) is 0 Å². The molecule has 0 aliphatic carbocycles. The highest BCUT2D eigenvalue weighted by molar-refractivity contribution is 6.05. The second kappa shape index (κ2) is 8.97. The minimum atomic E-state index is -0.223. The van der Waals surface area contributed by atoms with Crippen molar-refractivity contribution in [2.24, 2.45) is 0 Å². The summed E-state index contributed by atoms with van der Waals surface area (Å²) in [5.41, 5.74) is 2.23. The topological polar surface area (TPSA) is 56.8 Å². The van der Waals surface area contributed by atoms with Crippen molar-refractivity contribution < 1.29 is 19.0 Å². The second-order valence-corrected chi connectivity index (χ2v) is 5.37. The predicted molar refractivity (Wildman–Crippen MR) is 99.1 cm³/mol. The molecule has 2 rings (SSSR count). The SMILES string of the molecule is CCOc1cc(C(=O)Nc2ccccc2C)cc(OCC)c1OCC. The Morgan fingerprint density at radius 2 is 1.48 bits per heavy atom. The number of para-hydroxylation sites is 1. The maximum absolute atomic E-state index is 12.7. The Balaban J connectivity index is 2.39. The van der Waals surface area contributed by atoms with E-state index in [1.165, 1.54) is 0 Å². The summed E-state index contributed by atoms with van der Waals surface area (Å²) in [5.74, 6) is 1.31. The average Bonchev–Trinajstić information content (AvgIpc) is 2.60. The molecule has 5 heteroatoms. The molecule has 0 fully saturated rings. The van der Waals surface area contributed by atoms with Crippen LogP contribution in [0.5, 0.6) is 17.2 Å². The lowest BCUT2D eigenvalue weighted by Crippen LogP contribution is -2.14. The summed E-state index contributed by atoms with van der Waals surface area (Å²) in [5, 5.41) is 2.93. The van der Waals surface area contributed by atoms with Gasteiger partial charge >= 0.3 is 0 Å². The van der Waals surface area contributed by atoms with Crippen molar-refractivity contribution in [3.8, 4) is 17.2 Å². The molecule has 0 aliphatic rings. The third-order valence-corrected chi connectivity index (χ3v) is 3.56. The number of rotatable bonds is 8. The van der Waals surface area contributed by atoms with Crippen LogP contribution in [0, 0.1) is 6.92 Å². The Morgan fingerprint density at radius 1 is 0.920 bits per heavy atom. The molecule has 5 nitrogen and oxygen atoms in total. The maximum Gasteiger partial charge on any atom is 0.255 e. The molecule has 0 unspecified atom stereocenters. The number of hydrogen-bond donors (Lipinski definition) is 1. The lowest BCUT2D eigenvalue weighted by atomic mass is 10.1. The fraction of sp³-hybridized carbons (Fsp3) is 0.350. The van der Waals surface area contributed by atoms with Crippen LogP contribution in [0.25, 0.3) is 0 Å². The number of hydrogen-bond acceptors (Lipinski definition) is 4. The first-order valence-electron chi connectivity index (χ1n) is 8.54. The summed E-state index contributed by atoms with van der Waals surface area (Å²) in [6.07, 6.45) is 0. The molecular weight excluding hydrogens is 318 g/mol. The molecule has 0 saturated heterocycles. The zero-order chi connectivity index (χ0) is 18.2. The Hall–Kier alpha value is -2.69. The van der Waals surface area contributed by atoms with Gasteiger partial charge < -0.3 is 19.5 Å². The molecule has 0 saturated carbocycles. The highest BCUT2D eigenvalue weighted by Crippen LogP contribution is 2.39. The molecule has 1 N–H and O–H groups in total. The number of carbonyl (C=O) groups excluding carboxylic acids is 1. The summed E-state index contributed by atoms with van der Waals surface area (Å²) in [7, 11) is 0. The molecule has 0 radical (unpaired) electrons. The monoisotopic (exact) mass is 343 g/mol. The van der Waals surface area contributed by atoms with E-state index < -0.39 is 0 Å². The fourth-order valence-corrected chi connectivity index (χ4v) is 2.43. The summed E-state index contributed by atoms with van der Waals surface area (Å²) in [6.45, 7) is 9.03. The van der Waals surface area contributed by atoms with Crippen LogP contribution in [-0.4, -0.2) is 25.7 Å². The molecular formula is C20H25NO4. The van der Waals surface area contributed by atoms with Gasteiger partial charge in [0.1, 0.15) is 0 Å². The van der Waals surface area contributed by atoms with E-state index in [0.717, 1.165) is 11.3 Å². The van der Waals surface area contributed by atoms with Crippen molar-refractivity contribution in [1.82, 2.24) is 0 Å². The average molecular weight is 343 g/mol. The van der Waals surface area contributed by atoms with Gasteiger partial charge in [-0.1, -0.05) is 18.2 Å². The molecule has 1 amide bonds.